The Kier molecular flexibility index (Phi) is 91.3. The highest BCUT2D eigenvalue weighted by atomic mass is 32.2. The molecule has 1 aromatic carbocycles. The third-order valence-corrected chi connectivity index (χ3v) is 9.78. The van der Waals surface area contributed by atoms with Gasteiger partial charge in [-0.25, -0.2) is 26.3 Å². The van der Waals surface area contributed by atoms with E-state index in [0.717, 1.165) is 37.4 Å². The summed E-state index contributed by atoms with van der Waals surface area (Å²) in [5, 5.41) is 197. The van der Waals surface area contributed by atoms with Crippen LogP contribution >= 0.6 is 0 Å². The molecule has 0 saturated carbocycles. The molecule has 6 unspecified atom stereocenters. The van der Waals surface area contributed by atoms with Crippen molar-refractivity contribution in [3.63, 3.8) is 0 Å². The number of carbonyl (C=O) groups is 5. The molecule has 0 radical (unpaired) electrons. The van der Waals surface area contributed by atoms with E-state index in [1.165, 1.54) is 47.3 Å². The maximum Gasteiger partial charge on any atom is 0.336 e. The Labute approximate surface area is 550 Å². The van der Waals surface area contributed by atoms with Crippen molar-refractivity contribution in [1.82, 2.24) is 41.8 Å². The number of benzene rings is 1. The smallest absolute Gasteiger partial charge is 0.336 e. The zero-order chi connectivity index (χ0) is 76.1. The number of aliphatic hydroxyl groups excluding tert-OH is 12. The summed E-state index contributed by atoms with van der Waals surface area (Å²) in [5.41, 5.74) is 4.66. The van der Waals surface area contributed by atoms with Crippen molar-refractivity contribution in [3.8, 4) is 0 Å². The van der Waals surface area contributed by atoms with Crippen molar-refractivity contribution in [3.05, 3.63) is 35.4 Å². The topological polar surface area (TPSA) is 667 Å². The molecular formula is C53H118N8O32S. The van der Waals surface area contributed by atoms with Crippen molar-refractivity contribution in [2.24, 2.45) is 0 Å². The summed E-state index contributed by atoms with van der Waals surface area (Å²) in [6.45, 7) is 18.9. The summed E-state index contributed by atoms with van der Waals surface area (Å²) in [6, 6.07) is 5.80. The molecule has 0 aliphatic carbocycles. The van der Waals surface area contributed by atoms with Gasteiger partial charge in [-0.2, -0.15) is 28.7 Å². The van der Waals surface area contributed by atoms with Crippen molar-refractivity contribution in [2.45, 2.75) is 176 Å². The third-order valence-electron chi connectivity index (χ3n) is 9.08. The molecule has 1 rings (SSSR count). The molecule has 0 fully saturated rings. The molecule has 6 atom stereocenters. The van der Waals surface area contributed by atoms with Gasteiger partial charge < -0.3 is 107 Å². The number of aliphatic carboxylic acids is 1. The summed E-state index contributed by atoms with van der Waals surface area (Å²) in [6.07, 6.45) is -2.49. The molecule has 1 aromatic rings. The van der Waals surface area contributed by atoms with E-state index in [-0.39, 0.29) is 81.7 Å². The zero-order valence-electron chi connectivity index (χ0n) is 56.0. The Balaban J connectivity index is -0.000000105. The number of hydrogen-bond acceptors (Lipinski definition) is 34. The lowest BCUT2D eigenvalue weighted by molar-refractivity contribution is -0.173. The minimum absolute atomic E-state index is 0.0143. The number of amides is 3. The van der Waals surface area contributed by atoms with Crippen LogP contribution in [0.3, 0.4) is 0 Å². The van der Waals surface area contributed by atoms with E-state index in [2.05, 4.69) is 4.74 Å². The second kappa shape index (κ2) is 77.4. The van der Waals surface area contributed by atoms with Crippen LogP contribution in [0.5, 0.6) is 0 Å². The maximum absolute atomic E-state index is 10.9. The number of nitrogens with zero attached hydrogens (tertiary/aromatic N) is 5. The van der Waals surface area contributed by atoms with E-state index in [1.54, 1.807) is 34.6 Å². The van der Waals surface area contributed by atoms with E-state index in [1.807, 2.05) is 47.0 Å². The summed E-state index contributed by atoms with van der Waals surface area (Å²) in [5.74, 6) is -4.54. The van der Waals surface area contributed by atoms with Gasteiger partial charge in [0.1, 0.15) is 13.3 Å². The van der Waals surface area contributed by atoms with Gasteiger partial charge in [-0.1, -0.05) is 46.2 Å². The summed E-state index contributed by atoms with van der Waals surface area (Å²) in [7, 11) is -2.68. The van der Waals surface area contributed by atoms with Crippen molar-refractivity contribution < 1.29 is 160 Å². The lowest BCUT2D eigenvalue weighted by Crippen LogP contribution is -2.38. The lowest BCUT2D eigenvalue weighted by Gasteiger charge is -2.19. The molecular weight excluding hydrogens is 1290 g/mol. The standard InChI is InChI=1S/C8H7NO4.C6H15NO5.C6H14O3.C5H13NO4S.2C5H11NO3.C4H9NO5.C4H11NO.C4H10O2.C3H9NO.C3H8O/c10-7(9-13)5-3-1-2-4-6(5)8(11)12;8-3-5(10)1-7(12)2-6(11)4-9;1-2-3-6(8)4-9-5-7;1-2-3-6(7)4-5-11(8,9)10;1-6(9)5(8)3-2-4-7;1-4(7)2-3-5(8)6-9;6-3(7)1-5(10)2-4(8)9;1-3-5(6)4-2;1-3(5)4(2)6;1-3(2)4-5;1-3(2)4/h1-4,13H,(H,9,10)(H,11,12);5-6,8-12H,1-4H2;6-8H,2-5H2,1H3;7H,2-5H2,1H3,(H,8,9,10);7,9H,2-4H2,1H3;4,7,9H,2-3H2,1H3,(H,6,8);3,6-7,10H,1-2H2,(H,8,9);6H,3-4H2,1-2H3;3-6H,1-2H3;3-5H,1-2H3;3-4H,1-2H3. The number of aromatic carboxylic acids is 1. The van der Waals surface area contributed by atoms with E-state index in [9.17, 15) is 32.4 Å². The Bertz CT molecular complexity index is 1920. The van der Waals surface area contributed by atoms with Gasteiger partial charge in [-0.05, 0) is 86.3 Å². The molecule has 3 amide bonds. The largest absolute Gasteiger partial charge is 0.480 e. The van der Waals surface area contributed by atoms with E-state index < -0.39 is 109 Å². The molecule has 0 aromatic heterocycles. The van der Waals surface area contributed by atoms with Gasteiger partial charge in [-0.3, -0.25) is 39.4 Å². The first-order valence-electron chi connectivity index (χ1n) is 29.0. The first kappa shape index (κ1) is 111. The van der Waals surface area contributed by atoms with Crippen molar-refractivity contribution >= 4 is 39.8 Å². The number of nitrogens with one attached hydrogen (secondary N) is 3. The number of ether oxygens (including phenoxy) is 1. The second-order valence-corrected chi connectivity index (χ2v) is 21.0. The molecule has 0 spiro atoms. The molecule has 0 heterocycles. The number of carboxylic acid groups (broad SMARTS) is 2. The van der Waals surface area contributed by atoms with E-state index >= 15 is 0 Å². The molecule has 40 nitrogen and oxygen atoms in total. The summed E-state index contributed by atoms with van der Waals surface area (Å²) >= 11 is 0. The van der Waals surface area contributed by atoms with Crippen LogP contribution in [0.25, 0.3) is 0 Å². The van der Waals surface area contributed by atoms with Crippen LogP contribution in [0.1, 0.15) is 142 Å². The van der Waals surface area contributed by atoms with Crippen LogP contribution in [0.4, 0.5) is 0 Å². The highest BCUT2D eigenvalue weighted by molar-refractivity contribution is 7.85. The number of carboxylic acids is 2. The number of aliphatic hydroxyl groups is 13. The van der Waals surface area contributed by atoms with Crippen LogP contribution in [-0.2, 0) is 29.2 Å². The Morgan fingerprint density at radius 1 is 0.596 bits per heavy atom. The highest BCUT2D eigenvalue weighted by Gasteiger charge is 2.15. The monoisotopic (exact) mass is 1410 g/mol. The van der Waals surface area contributed by atoms with Gasteiger partial charge in [0.25, 0.3) is 16.0 Å². The molecule has 0 aliphatic rings. The Hall–Kier alpha value is -4.60. The van der Waals surface area contributed by atoms with Crippen molar-refractivity contribution in [1.29, 1.82) is 0 Å². The average Bonchev–Trinajstić information content (AvgIpc) is 0.869. The molecule has 94 heavy (non-hydrogen) atoms. The van der Waals surface area contributed by atoms with E-state index in [4.69, 9.17) is 123 Å². The quantitative estimate of drug-likeness (QED) is 0.0144. The fourth-order valence-corrected chi connectivity index (χ4v) is 4.66. The lowest BCUT2D eigenvalue weighted by atomic mass is 10.1. The van der Waals surface area contributed by atoms with E-state index in [0.29, 0.717) is 34.6 Å². The zero-order valence-corrected chi connectivity index (χ0v) is 56.8. The third kappa shape index (κ3) is 109. The first-order valence-corrected chi connectivity index (χ1v) is 30.6. The molecule has 0 bridgehead atoms. The van der Waals surface area contributed by atoms with Crippen LogP contribution in [0.15, 0.2) is 24.3 Å². The predicted molar refractivity (Wildman–Crippen MR) is 333 cm³/mol. The molecule has 41 heteroatoms. The predicted octanol–water partition coefficient (Wildman–Crippen LogP) is -3.46. The highest BCUT2D eigenvalue weighted by Crippen LogP contribution is 2.08. The number of hydrogen-bond donors (Lipinski definition) is 27. The van der Waals surface area contributed by atoms with Gasteiger partial charge in [0.2, 0.25) is 11.8 Å². The van der Waals surface area contributed by atoms with Crippen LogP contribution in [0.2, 0.25) is 0 Å². The molecule has 0 aliphatic heterocycles. The van der Waals surface area contributed by atoms with Gasteiger partial charge in [0.15, 0.2) is 6.29 Å². The minimum atomic E-state index is -3.94. The number of hydroxylamine groups is 13. The van der Waals surface area contributed by atoms with Gasteiger partial charge in [-0.15, -0.1) is 0 Å². The maximum atomic E-state index is 10.9. The molecule has 27 N–H and O–H groups in total. The van der Waals surface area contributed by atoms with Crippen molar-refractivity contribution in [2.75, 3.05) is 98.4 Å². The summed E-state index contributed by atoms with van der Waals surface area (Å²) in [4.78, 5) is 52.0. The van der Waals surface area contributed by atoms with Gasteiger partial charge in [0, 0.05) is 64.8 Å². The summed E-state index contributed by atoms with van der Waals surface area (Å²) < 4.78 is 33.1. The van der Waals surface area contributed by atoms with Gasteiger partial charge in [0.05, 0.1) is 93.0 Å². The van der Waals surface area contributed by atoms with Crippen LogP contribution < -0.4 is 16.4 Å². The fraction of sp³-hybridized carbons (Fsp3) is 0.792. The fourth-order valence-electron chi connectivity index (χ4n) is 4.22. The molecule has 568 valence electrons. The van der Waals surface area contributed by atoms with Crippen LogP contribution in [-0.4, -0.2) is 340 Å². The Morgan fingerprint density at radius 3 is 1.32 bits per heavy atom. The molecule has 0 saturated heterocycles. The number of carbonyl (C=O) groups excluding carboxylic acids is 3. The van der Waals surface area contributed by atoms with Gasteiger partial charge >= 0.3 is 11.9 Å². The SMILES string of the molecule is CC(C)NO.CC(C)O.CC(O)C(C)O.CC(O)CCC(=O)NO.CCCC(O)COCO.CCCN(O)CCS(=O)(=O)O.CCN(O)CC.CN(O)C(=O)CCCO.O=C(O)CN(O)CC(O)O.O=C(O)c1ccccc1C(=O)NO.OCC(O)CN(O)CC(O)CO. The normalized spacial score (nSPS) is 12.2. The first-order chi connectivity index (χ1) is 43.3. The Morgan fingerprint density at radius 2 is 1.04 bits per heavy atom. The number of rotatable bonds is 32. The minimum Gasteiger partial charge on any atom is -0.480 e. The van der Waals surface area contributed by atoms with Crippen LogP contribution in [0, 0.1) is 0 Å². The second-order valence-electron chi connectivity index (χ2n) is 19.4. The average molecular weight is 1410 g/mol.